The van der Waals surface area contributed by atoms with Crippen LogP contribution in [-0.4, -0.2) is 24.2 Å². The number of nitrogens with zero attached hydrogens (tertiary/aromatic N) is 3. The zero-order valence-corrected chi connectivity index (χ0v) is 14.1. The summed E-state index contributed by atoms with van der Waals surface area (Å²) in [6, 6.07) is 6.21. The number of nitriles is 1. The number of hydrazone groups is 1. The number of rotatable bonds is 5. The fourth-order valence-electron chi connectivity index (χ4n) is 2.04. The molecule has 0 fully saturated rings. The van der Waals surface area contributed by atoms with Gasteiger partial charge in [0.15, 0.2) is 5.75 Å². The SMILES string of the molecule is COc1ccc(/C=N\NC(=O)c2sc(N)c(C#N)c2C)cc1[N+](=O)[O-]. The van der Waals surface area contributed by atoms with Crippen LogP contribution in [0.2, 0.25) is 0 Å². The Balaban J connectivity index is 2.16. The van der Waals surface area contributed by atoms with Crippen LogP contribution in [0.15, 0.2) is 23.3 Å². The Hall–Kier alpha value is -3.45. The van der Waals surface area contributed by atoms with Crippen molar-refractivity contribution in [1.82, 2.24) is 5.43 Å². The van der Waals surface area contributed by atoms with E-state index < -0.39 is 10.8 Å². The van der Waals surface area contributed by atoms with Gasteiger partial charge in [0.25, 0.3) is 5.91 Å². The quantitative estimate of drug-likeness (QED) is 0.476. The predicted octanol–water partition coefficient (Wildman–Crippen LogP) is 2.19. The van der Waals surface area contributed by atoms with Crippen LogP contribution in [0.1, 0.15) is 26.4 Å². The number of ether oxygens (including phenoxy) is 1. The maximum atomic E-state index is 12.1. The summed E-state index contributed by atoms with van der Waals surface area (Å²) in [5.41, 5.74) is 8.94. The van der Waals surface area contributed by atoms with Gasteiger partial charge in [-0.15, -0.1) is 11.3 Å². The van der Waals surface area contributed by atoms with E-state index in [1.54, 1.807) is 13.0 Å². The molecule has 0 atom stereocenters. The first-order valence-electron chi connectivity index (χ1n) is 6.83. The van der Waals surface area contributed by atoms with E-state index in [0.717, 1.165) is 11.3 Å². The van der Waals surface area contributed by atoms with E-state index in [-0.39, 0.29) is 26.9 Å². The van der Waals surface area contributed by atoms with Crippen molar-refractivity contribution in [1.29, 1.82) is 5.26 Å². The molecule has 25 heavy (non-hydrogen) atoms. The maximum Gasteiger partial charge on any atom is 0.311 e. The van der Waals surface area contributed by atoms with E-state index in [9.17, 15) is 14.9 Å². The fourth-order valence-corrected chi connectivity index (χ4v) is 2.95. The molecule has 128 valence electrons. The van der Waals surface area contributed by atoms with E-state index in [1.807, 2.05) is 6.07 Å². The van der Waals surface area contributed by atoms with Gasteiger partial charge < -0.3 is 10.5 Å². The molecule has 1 aromatic carbocycles. The molecule has 0 aliphatic rings. The van der Waals surface area contributed by atoms with Crippen molar-refractivity contribution in [2.45, 2.75) is 6.92 Å². The van der Waals surface area contributed by atoms with Crippen LogP contribution in [0.4, 0.5) is 10.7 Å². The van der Waals surface area contributed by atoms with E-state index in [1.165, 1.54) is 25.5 Å². The second-order valence-corrected chi connectivity index (χ2v) is 5.85. The zero-order valence-electron chi connectivity index (χ0n) is 13.3. The lowest BCUT2D eigenvalue weighted by Crippen LogP contribution is -2.17. The topological polar surface area (TPSA) is 144 Å². The third-order valence-electron chi connectivity index (χ3n) is 3.27. The molecule has 0 saturated heterocycles. The van der Waals surface area contributed by atoms with Gasteiger partial charge >= 0.3 is 5.69 Å². The number of methoxy groups -OCH3 is 1. The number of carbonyl (C=O) groups is 1. The highest BCUT2D eigenvalue weighted by atomic mass is 32.1. The van der Waals surface area contributed by atoms with Gasteiger partial charge in [-0.1, -0.05) is 0 Å². The first-order valence-corrected chi connectivity index (χ1v) is 7.65. The largest absolute Gasteiger partial charge is 0.490 e. The molecule has 1 amide bonds. The molecule has 2 aromatic rings. The smallest absolute Gasteiger partial charge is 0.311 e. The monoisotopic (exact) mass is 359 g/mol. The number of nitrogens with two attached hydrogens (primary N) is 1. The van der Waals surface area contributed by atoms with Crippen molar-refractivity contribution in [3.63, 3.8) is 0 Å². The van der Waals surface area contributed by atoms with Gasteiger partial charge in [-0.25, -0.2) is 5.43 Å². The molecule has 0 bridgehead atoms. The summed E-state index contributed by atoms with van der Waals surface area (Å²) in [7, 11) is 1.33. The molecule has 0 radical (unpaired) electrons. The Labute approximate surface area is 146 Å². The Morgan fingerprint density at radius 3 is 2.84 bits per heavy atom. The van der Waals surface area contributed by atoms with Gasteiger partial charge in [-0.3, -0.25) is 14.9 Å². The Bertz CT molecular complexity index is 913. The molecular weight excluding hydrogens is 346 g/mol. The highest BCUT2D eigenvalue weighted by molar-refractivity contribution is 7.18. The van der Waals surface area contributed by atoms with Crippen LogP contribution < -0.4 is 15.9 Å². The van der Waals surface area contributed by atoms with Crippen LogP contribution in [0.25, 0.3) is 0 Å². The average molecular weight is 359 g/mol. The second kappa shape index (κ2) is 7.41. The van der Waals surface area contributed by atoms with Crippen molar-refractivity contribution in [3.05, 3.63) is 49.9 Å². The average Bonchev–Trinajstić information content (AvgIpc) is 2.88. The minimum Gasteiger partial charge on any atom is -0.490 e. The highest BCUT2D eigenvalue weighted by Crippen LogP contribution is 2.29. The zero-order chi connectivity index (χ0) is 18.6. The highest BCUT2D eigenvalue weighted by Gasteiger charge is 2.18. The maximum absolute atomic E-state index is 12.1. The molecule has 1 heterocycles. The summed E-state index contributed by atoms with van der Waals surface area (Å²) in [6.07, 6.45) is 1.27. The van der Waals surface area contributed by atoms with Crippen molar-refractivity contribution in [2.75, 3.05) is 12.8 Å². The summed E-state index contributed by atoms with van der Waals surface area (Å²) in [4.78, 5) is 22.8. The number of hydrogen-bond acceptors (Lipinski definition) is 8. The van der Waals surface area contributed by atoms with E-state index in [4.69, 9.17) is 15.7 Å². The summed E-state index contributed by atoms with van der Waals surface area (Å²) in [5.74, 6) is -0.394. The molecule has 1 aromatic heterocycles. The van der Waals surface area contributed by atoms with E-state index >= 15 is 0 Å². The van der Waals surface area contributed by atoms with E-state index in [2.05, 4.69) is 10.5 Å². The van der Waals surface area contributed by atoms with Gasteiger partial charge in [0.05, 0.1) is 23.8 Å². The molecule has 0 spiro atoms. The number of benzene rings is 1. The second-order valence-electron chi connectivity index (χ2n) is 4.79. The number of thiophene rings is 1. The lowest BCUT2D eigenvalue weighted by Gasteiger charge is -2.02. The van der Waals surface area contributed by atoms with Crippen LogP contribution in [0.3, 0.4) is 0 Å². The molecule has 3 N–H and O–H groups in total. The number of nitrogens with one attached hydrogen (secondary N) is 1. The molecule has 0 aliphatic heterocycles. The lowest BCUT2D eigenvalue weighted by molar-refractivity contribution is -0.385. The van der Waals surface area contributed by atoms with Crippen LogP contribution >= 0.6 is 11.3 Å². The standard InChI is InChI=1S/C15H13N5O4S/c1-8-10(6-16)14(17)25-13(8)15(21)19-18-7-9-3-4-12(24-2)11(5-9)20(22)23/h3-5,7H,17H2,1-2H3,(H,19,21)/b18-7-. The Morgan fingerprint density at radius 2 is 2.28 bits per heavy atom. The molecular formula is C15H13N5O4S. The summed E-state index contributed by atoms with van der Waals surface area (Å²) in [5, 5.41) is 24.0. The number of amides is 1. The van der Waals surface area contributed by atoms with Gasteiger partial charge in [0.2, 0.25) is 0 Å². The van der Waals surface area contributed by atoms with Crippen molar-refractivity contribution >= 4 is 34.1 Å². The molecule has 10 heteroatoms. The Kier molecular flexibility index (Phi) is 5.31. The lowest BCUT2D eigenvalue weighted by atomic mass is 10.2. The minimum atomic E-state index is -0.573. The van der Waals surface area contributed by atoms with Gasteiger partial charge in [-0.2, -0.15) is 10.4 Å². The van der Waals surface area contributed by atoms with Crippen molar-refractivity contribution in [2.24, 2.45) is 5.10 Å². The number of carbonyl (C=O) groups excluding carboxylic acids is 1. The molecule has 2 rings (SSSR count). The molecule has 9 nitrogen and oxygen atoms in total. The molecule has 0 unspecified atom stereocenters. The van der Waals surface area contributed by atoms with Crippen molar-refractivity contribution < 1.29 is 14.5 Å². The first kappa shape index (κ1) is 17.9. The van der Waals surface area contributed by atoms with Crippen molar-refractivity contribution in [3.8, 4) is 11.8 Å². The summed E-state index contributed by atoms with van der Waals surface area (Å²) < 4.78 is 4.91. The molecule has 0 aliphatic carbocycles. The minimum absolute atomic E-state index is 0.125. The van der Waals surface area contributed by atoms with Crippen LogP contribution in [0.5, 0.6) is 5.75 Å². The molecule has 0 saturated carbocycles. The normalized spacial score (nSPS) is 10.4. The van der Waals surface area contributed by atoms with Crippen LogP contribution in [-0.2, 0) is 0 Å². The van der Waals surface area contributed by atoms with Gasteiger partial charge in [0, 0.05) is 11.6 Å². The first-order chi connectivity index (χ1) is 11.9. The third-order valence-corrected chi connectivity index (χ3v) is 4.39. The van der Waals surface area contributed by atoms with Gasteiger partial charge in [-0.05, 0) is 24.6 Å². The summed E-state index contributed by atoms with van der Waals surface area (Å²) >= 11 is 0.995. The predicted molar refractivity (Wildman–Crippen MR) is 92.9 cm³/mol. The third kappa shape index (κ3) is 3.73. The van der Waals surface area contributed by atoms with E-state index in [0.29, 0.717) is 11.1 Å². The number of nitro groups is 1. The number of nitrogen functional groups attached to an aromatic ring is 1. The summed E-state index contributed by atoms with van der Waals surface area (Å²) in [6.45, 7) is 1.62. The number of nitro benzene ring substituents is 1. The fraction of sp³-hybridized carbons (Fsp3) is 0.133. The van der Waals surface area contributed by atoms with Crippen LogP contribution in [0, 0.1) is 28.4 Å². The number of hydrogen-bond donors (Lipinski definition) is 2. The number of anilines is 1. The van der Waals surface area contributed by atoms with Gasteiger partial charge in [0.1, 0.15) is 15.9 Å². The Morgan fingerprint density at radius 1 is 1.56 bits per heavy atom.